The summed E-state index contributed by atoms with van der Waals surface area (Å²) in [5.41, 5.74) is 0.0263. The first-order valence-corrected chi connectivity index (χ1v) is 6.31. The number of ether oxygens (including phenoxy) is 2. The van der Waals surface area contributed by atoms with Crippen LogP contribution < -0.4 is 10.1 Å². The predicted octanol–water partition coefficient (Wildman–Crippen LogP) is 1.91. The van der Waals surface area contributed by atoms with Crippen LogP contribution in [0.4, 0.5) is 4.39 Å². The monoisotopic (exact) mass is 283 g/mol. The number of carbonyl (C=O) groups excluding carboxylic acids is 2. The first kappa shape index (κ1) is 15.9. The predicted molar refractivity (Wildman–Crippen MR) is 71.1 cm³/mol. The normalized spacial score (nSPS) is 11.6. The molecule has 1 atom stereocenters. The second-order valence-corrected chi connectivity index (χ2v) is 4.19. The van der Waals surface area contributed by atoms with Crippen LogP contribution in [-0.4, -0.2) is 31.6 Å². The average Bonchev–Trinajstić information content (AvgIpc) is 2.44. The fraction of sp³-hybridized carbons (Fsp3) is 0.429. The summed E-state index contributed by atoms with van der Waals surface area (Å²) in [5.74, 6) is -1.76. The van der Waals surface area contributed by atoms with Crippen LogP contribution >= 0.6 is 0 Å². The molecule has 0 radical (unpaired) electrons. The van der Waals surface area contributed by atoms with Crippen molar-refractivity contribution in [1.29, 1.82) is 0 Å². The number of hydrogen-bond acceptors (Lipinski definition) is 4. The quantitative estimate of drug-likeness (QED) is 0.810. The molecule has 1 N–H and O–H groups in total. The van der Waals surface area contributed by atoms with Crippen molar-refractivity contribution in [3.05, 3.63) is 29.6 Å². The van der Waals surface area contributed by atoms with Crippen molar-refractivity contribution in [1.82, 2.24) is 5.32 Å². The molecule has 0 spiro atoms. The van der Waals surface area contributed by atoms with Gasteiger partial charge in [0.15, 0.2) is 17.7 Å². The molecule has 0 heterocycles. The summed E-state index contributed by atoms with van der Waals surface area (Å²) in [6.07, 6.45) is -0.143. The van der Waals surface area contributed by atoms with Crippen LogP contribution in [0, 0.1) is 5.82 Å². The van der Waals surface area contributed by atoms with Crippen molar-refractivity contribution in [2.45, 2.75) is 26.4 Å². The lowest BCUT2D eigenvalue weighted by Gasteiger charge is -2.13. The Morgan fingerprint density at radius 3 is 2.65 bits per heavy atom. The van der Waals surface area contributed by atoms with Gasteiger partial charge in [-0.3, -0.25) is 4.79 Å². The van der Waals surface area contributed by atoms with Crippen molar-refractivity contribution >= 4 is 11.9 Å². The molecule has 0 aliphatic heterocycles. The maximum Gasteiger partial charge on any atom is 0.339 e. The highest BCUT2D eigenvalue weighted by Gasteiger charge is 2.19. The van der Waals surface area contributed by atoms with Crippen LogP contribution in [-0.2, 0) is 9.53 Å². The van der Waals surface area contributed by atoms with Crippen molar-refractivity contribution in [2.24, 2.45) is 0 Å². The number of nitrogens with one attached hydrogen (secondary N) is 1. The Bertz CT molecular complexity index is 490. The van der Waals surface area contributed by atoms with Crippen LogP contribution in [0.5, 0.6) is 5.75 Å². The van der Waals surface area contributed by atoms with E-state index in [0.717, 1.165) is 12.5 Å². The number of hydrogen-bond donors (Lipinski definition) is 1. The van der Waals surface area contributed by atoms with Crippen molar-refractivity contribution < 1.29 is 23.5 Å². The Morgan fingerprint density at radius 2 is 2.10 bits per heavy atom. The number of esters is 1. The van der Waals surface area contributed by atoms with Gasteiger partial charge in [0.1, 0.15) is 0 Å². The number of benzene rings is 1. The summed E-state index contributed by atoms with van der Waals surface area (Å²) >= 11 is 0. The lowest BCUT2D eigenvalue weighted by molar-refractivity contribution is -0.129. The summed E-state index contributed by atoms with van der Waals surface area (Å²) in [6.45, 7) is 3.89. The molecule has 1 aromatic carbocycles. The number of rotatable bonds is 6. The third kappa shape index (κ3) is 4.22. The number of amides is 1. The fourth-order valence-corrected chi connectivity index (χ4v) is 1.47. The van der Waals surface area contributed by atoms with Gasteiger partial charge in [-0.25, -0.2) is 9.18 Å². The van der Waals surface area contributed by atoms with Crippen LogP contribution in [0.25, 0.3) is 0 Å². The largest absolute Gasteiger partial charge is 0.494 e. The molecule has 1 amide bonds. The molecule has 0 saturated carbocycles. The van der Waals surface area contributed by atoms with E-state index >= 15 is 0 Å². The molecule has 5 nitrogen and oxygen atoms in total. The molecule has 0 aliphatic carbocycles. The maximum absolute atomic E-state index is 13.5. The van der Waals surface area contributed by atoms with E-state index in [-0.39, 0.29) is 17.2 Å². The zero-order chi connectivity index (χ0) is 15.1. The highest BCUT2D eigenvalue weighted by molar-refractivity contribution is 5.92. The van der Waals surface area contributed by atoms with Gasteiger partial charge in [-0.15, -0.1) is 0 Å². The van der Waals surface area contributed by atoms with E-state index in [0.29, 0.717) is 6.54 Å². The van der Waals surface area contributed by atoms with Gasteiger partial charge >= 0.3 is 5.97 Å². The topological polar surface area (TPSA) is 64.6 Å². The molecule has 110 valence electrons. The lowest BCUT2D eigenvalue weighted by Crippen LogP contribution is -2.36. The Morgan fingerprint density at radius 1 is 1.40 bits per heavy atom. The minimum Gasteiger partial charge on any atom is -0.494 e. The second-order valence-electron chi connectivity index (χ2n) is 4.19. The zero-order valence-corrected chi connectivity index (χ0v) is 11.7. The lowest BCUT2D eigenvalue weighted by atomic mass is 10.2. The summed E-state index contributed by atoms with van der Waals surface area (Å²) < 4.78 is 23.2. The maximum atomic E-state index is 13.5. The van der Waals surface area contributed by atoms with Gasteiger partial charge < -0.3 is 14.8 Å². The van der Waals surface area contributed by atoms with Gasteiger partial charge in [0.2, 0.25) is 0 Å². The summed E-state index contributed by atoms with van der Waals surface area (Å²) in [6, 6.07) is 3.71. The molecule has 0 bridgehead atoms. The summed E-state index contributed by atoms with van der Waals surface area (Å²) in [4.78, 5) is 23.3. The third-order valence-corrected chi connectivity index (χ3v) is 2.59. The van der Waals surface area contributed by atoms with Gasteiger partial charge in [0, 0.05) is 6.54 Å². The van der Waals surface area contributed by atoms with Crippen LogP contribution in [0.15, 0.2) is 18.2 Å². The Hall–Kier alpha value is -2.11. The van der Waals surface area contributed by atoms with E-state index < -0.39 is 17.9 Å². The van der Waals surface area contributed by atoms with Crippen LogP contribution in [0.2, 0.25) is 0 Å². The molecule has 20 heavy (non-hydrogen) atoms. The van der Waals surface area contributed by atoms with Gasteiger partial charge in [-0.1, -0.05) is 6.92 Å². The van der Waals surface area contributed by atoms with E-state index in [1.54, 1.807) is 0 Å². The zero-order valence-electron chi connectivity index (χ0n) is 11.7. The van der Waals surface area contributed by atoms with E-state index in [9.17, 15) is 14.0 Å². The molecule has 1 aromatic rings. The molecule has 0 fully saturated rings. The summed E-state index contributed by atoms with van der Waals surface area (Å²) in [5, 5.41) is 2.61. The van der Waals surface area contributed by atoms with E-state index in [1.165, 1.54) is 26.2 Å². The SMILES string of the molecule is CCCNC(=O)C(C)OC(=O)c1ccc(OC)c(F)c1. The highest BCUT2D eigenvalue weighted by atomic mass is 19.1. The molecular weight excluding hydrogens is 265 g/mol. The molecule has 1 rings (SSSR count). The standard InChI is InChI=1S/C14H18FNO4/c1-4-7-16-13(17)9(2)20-14(18)10-5-6-12(19-3)11(15)8-10/h5-6,8-9H,4,7H2,1-3H3,(H,16,17). The minimum atomic E-state index is -0.931. The number of halogens is 1. The van der Waals surface area contributed by atoms with Gasteiger partial charge in [-0.05, 0) is 31.5 Å². The van der Waals surface area contributed by atoms with Gasteiger partial charge in [0.05, 0.1) is 12.7 Å². The smallest absolute Gasteiger partial charge is 0.339 e. The van der Waals surface area contributed by atoms with Crippen molar-refractivity contribution in [2.75, 3.05) is 13.7 Å². The number of carbonyl (C=O) groups is 2. The first-order chi connectivity index (χ1) is 9.49. The molecule has 0 aliphatic rings. The second kappa shape index (κ2) is 7.47. The van der Waals surface area contributed by atoms with Crippen LogP contribution in [0.3, 0.4) is 0 Å². The Balaban J connectivity index is 2.66. The summed E-state index contributed by atoms with van der Waals surface area (Å²) in [7, 11) is 1.33. The molecule has 6 heteroatoms. The first-order valence-electron chi connectivity index (χ1n) is 6.31. The molecule has 0 aromatic heterocycles. The van der Waals surface area contributed by atoms with Gasteiger partial charge in [-0.2, -0.15) is 0 Å². The Labute approximate surface area is 117 Å². The minimum absolute atomic E-state index is 0.0263. The van der Waals surface area contributed by atoms with Gasteiger partial charge in [0.25, 0.3) is 5.91 Å². The van der Waals surface area contributed by atoms with Crippen LogP contribution in [0.1, 0.15) is 30.6 Å². The number of methoxy groups -OCH3 is 1. The molecule has 0 saturated heterocycles. The van der Waals surface area contributed by atoms with Crippen molar-refractivity contribution in [3.63, 3.8) is 0 Å². The molecule has 1 unspecified atom stereocenters. The van der Waals surface area contributed by atoms with E-state index in [4.69, 9.17) is 9.47 Å². The molecular formula is C14H18FNO4. The van der Waals surface area contributed by atoms with E-state index in [2.05, 4.69) is 5.32 Å². The van der Waals surface area contributed by atoms with Crippen molar-refractivity contribution in [3.8, 4) is 5.75 Å². The highest BCUT2D eigenvalue weighted by Crippen LogP contribution is 2.18. The van der Waals surface area contributed by atoms with E-state index in [1.807, 2.05) is 6.92 Å². The Kier molecular flexibility index (Phi) is 5.96. The third-order valence-electron chi connectivity index (χ3n) is 2.59. The fourth-order valence-electron chi connectivity index (χ4n) is 1.47. The average molecular weight is 283 g/mol.